The fraction of sp³-hybridized carbons (Fsp3) is 0.364. The largest absolute Gasteiger partial charge is 0.346 e. The molecular weight excluding hydrogens is 160 g/mol. The van der Waals surface area contributed by atoms with Crippen LogP contribution in [0.15, 0.2) is 12.1 Å². The summed E-state index contributed by atoms with van der Waals surface area (Å²) in [7, 11) is 2.08. The Kier molecular flexibility index (Phi) is 1.65. The maximum Gasteiger partial charge on any atom is 0.0915 e. The number of hydrogen-bond donors (Lipinski definition) is 0. The summed E-state index contributed by atoms with van der Waals surface area (Å²) in [5.41, 5.74) is 6.04. The molecule has 2 heteroatoms. The zero-order valence-corrected chi connectivity index (χ0v) is 8.55. The number of aromatic nitrogens is 2. The third-order valence-corrected chi connectivity index (χ3v) is 2.78. The third kappa shape index (κ3) is 1.05. The first-order chi connectivity index (χ1) is 6.11. The molecule has 0 amide bonds. The van der Waals surface area contributed by atoms with E-state index in [9.17, 15) is 0 Å². The molecular formula is C11H14N2. The summed E-state index contributed by atoms with van der Waals surface area (Å²) >= 11 is 0. The second kappa shape index (κ2) is 2.59. The van der Waals surface area contributed by atoms with Crippen LogP contribution in [0.2, 0.25) is 0 Å². The Bertz CT molecular complexity index is 466. The van der Waals surface area contributed by atoms with E-state index in [1.807, 2.05) is 6.92 Å². The van der Waals surface area contributed by atoms with Gasteiger partial charge in [-0.3, -0.25) is 4.98 Å². The summed E-state index contributed by atoms with van der Waals surface area (Å²) in [6.45, 7) is 6.29. The molecule has 0 aliphatic carbocycles. The van der Waals surface area contributed by atoms with Gasteiger partial charge in [-0.05, 0) is 38.5 Å². The third-order valence-electron chi connectivity index (χ3n) is 2.78. The van der Waals surface area contributed by atoms with Crippen LogP contribution in [0.1, 0.15) is 17.0 Å². The average molecular weight is 174 g/mol. The highest BCUT2D eigenvalue weighted by Gasteiger charge is 2.08. The quantitative estimate of drug-likeness (QED) is 0.600. The summed E-state index contributed by atoms with van der Waals surface area (Å²) in [5, 5.41) is 0. The summed E-state index contributed by atoms with van der Waals surface area (Å²) in [6, 6.07) is 4.19. The number of rotatable bonds is 0. The van der Waals surface area contributed by atoms with Crippen LogP contribution < -0.4 is 0 Å². The monoisotopic (exact) mass is 174 g/mol. The van der Waals surface area contributed by atoms with Crippen molar-refractivity contribution in [1.82, 2.24) is 9.55 Å². The molecule has 2 aromatic rings. The topological polar surface area (TPSA) is 17.8 Å². The molecule has 0 saturated heterocycles. The Hall–Kier alpha value is -1.31. The van der Waals surface area contributed by atoms with Crippen molar-refractivity contribution >= 4 is 11.0 Å². The molecule has 2 aromatic heterocycles. The van der Waals surface area contributed by atoms with Crippen molar-refractivity contribution < 1.29 is 0 Å². The predicted molar refractivity (Wildman–Crippen MR) is 54.9 cm³/mol. The Balaban J connectivity index is 2.95. The van der Waals surface area contributed by atoms with Crippen molar-refractivity contribution in [2.24, 2.45) is 7.05 Å². The maximum absolute atomic E-state index is 4.54. The van der Waals surface area contributed by atoms with E-state index in [0.29, 0.717) is 0 Å². The van der Waals surface area contributed by atoms with Crippen molar-refractivity contribution in [2.75, 3.05) is 0 Å². The average Bonchev–Trinajstić information content (AvgIpc) is 2.32. The van der Waals surface area contributed by atoms with Crippen LogP contribution in [-0.2, 0) is 7.05 Å². The summed E-state index contributed by atoms with van der Waals surface area (Å²) in [5.74, 6) is 0. The minimum absolute atomic E-state index is 1.08. The van der Waals surface area contributed by atoms with Gasteiger partial charge in [-0.25, -0.2) is 0 Å². The van der Waals surface area contributed by atoms with E-state index < -0.39 is 0 Å². The van der Waals surface area contributed by atoms with Gasteiger partial charge in [0.2, 0.25) is 0 Å². The second-order valence-electron chi connectivity index (χ2n) is 3.59. The molecule has 0 saturated carbocycles. The lowest BCUT2D eigenvalue weighted by atomic mass is 10.2. The highest BCUT2D eigenvalue weighted by atomic mass is 15.0. The molecule has 2 rings (SSSR count). The fourth-order valence-corrected chi connectivity index (χ4v) is 1.70. The van der Waals surface area contributed by atoms with Crippen molar-refractivity contribution in [3.05, 3.63) is 29.1 Å². The van der Waals surface area contributed by atoms with E-state index in [0.717, 1.165) is 11.2 Å². The van der Waals surface area contributed by atoms with Gasteiger partial charge in [0.05, 0.1) is 11.0 Å². The van der Waals surface area contributed by atoms with E-state index in [1.54, 1.807) is 0 Å². The maximum atomic E-state index is 4.54. The molecule has 0 unspecified atom stereocenters. The van der Waals surface area contributed by atoms with Crippen LogP contribution in [0.5, 0.6) is 0 Å². The van der Waals surface area contributed by atoms with Crippen molar-refractivity contribution in [1.29, 1.82) is 0 Å². The van der Waals surface area contributed by atoms with E-state index >= 15 is 0 Å². The van der Waals surface area contributed by atoms with Gasteiger partial charge < -0.3 is 4.57 Å². The van der Waals surface area contributed by atoms with Gasteiger partial charge in [-0.2, -0.15) is 0 Å². The van der Waals surface area contributed by atoms with E-state index in [-0.39, 0.29) is 0 Å². The number of nitrogens with zero attached hydrogens (tertiary/aromatic N) is 2. The first-order valence-corrected chi connectivity index (χ1v) is 4.50. The smallest absolute Gasteiger partial charge is 0.0915 e. The van der Waals surface area contributed by atoms with Gasteiger partial charge in [0, 0.05) is 18.4 Å². The fourth-order valence-electron chi connectivity index (χ4n) is 1.70. The molecule has 0 bridgehead atoms. The molecule has 2 nitrogen and oxygen atoms in total. The molecule has 0 aliphatic heterocycles. The Morgan fingerprint density at radius 2 is 1.85 bits per heavy atom. The van der Waals surface area contributed by atoms with Gasteiger partial charge in [0.25, 0.3) is 0 Å². The van der Waals surface area contributed by atoms with Gasteiger partial charge in [-0.15, -0.1) is 0 Å². The molecule has 13 heavy (non-hydrogen) atoms. The molecule has 2 heterocycles. The van der Waals surface area contributed by atoms with Crippen LogP contribution in [0, 0.1) is 20.8 Å². The molecule has 0 spiro atoms. The molecule has 0 radical (unpaired) electrons. The lowest BCUT2D eigenvalue weighted by Crippen LogP contribution is -1.90. The normalized spacial score (nSPS) is 11.1. The van der Waals surface area contributed by atoms with Gasteiger partial charge >= 0.3 is 0 Å². The molecule has 0 aromatic carbocycles. The lowest BCUT2D eigenvalue weighted by molar-refractivity contribution is 0.910. The molecule has 0 N–H and O–H groups in total. The number of pyridine rings is 1. The van der Waals surface area contributed by atoms with Crippen LogP contribution in [0.4, 0.5) is 0 Å². The van der Waals surface area contributed by atoms with E-state index in [1.165, 1.54) is 16.8 Å². The first-order valence-electron chi connectivity index (χ1n) is 4.50. The van der Waals surface area contributed by atoms with Gasteiger partial charge in [-0.1, -0.05) is 0 Å². The number of hydrogen-bond acceptors (Lipinski definition) is 1. The molecule has 0 fully saturated rings. The SMILES string of the molecule is Cc1ccc2c(n1)c(C)c(C)n2C. The Labute approximate surface area is 78.2 Å². The van der Waals surface area contributed by atoms with Crippen LogP contribution in [-0.4, -0.2) is 9.55 Å². The van der Waals surface area contributed by atoms with Crippen LogP contribution in [0.3, 0.4) is 0 Å². The highest BCUT2D eigenvalue weighted by molar-refractivity contribution is 5.81. The Morgan fingerprint density at radius 1 is 1.15 bits per heavy atom. The van der Waals surface area contributed by atoms with E-state index in [4.69, 9.17) is 0 Å². The zero-order valence-electron chi connectivity index (χ0n) is 8.55. The lowest BCUT2D eigenvalue weighted by Gasteiger charge is -1.97. The van der Waals surface area contributed by atoms with Crippen LogP contribution >= 0.6 is 0 Å². The number of fused-ring (bicyclic) bond motifs is 1. The minimum Gasteiger partial charge on any atom is -0.346 e. The summed E-state index contributed by atoms with van der Waals surface area (Å²) in [4.78, 5) is 4.54. The van der Waals surface area contributed by atoms with Gasteiger partial charge in [0.1, 0.15) is 0 Å². The Morgan fingerprint density at radius 3 is 2.54 bits per heavy atom. The summed E-state index contributed by atoms with van der Waals surface area (Å²) < 4.78 is 2.19. The van der Waals surface area contributed by atoms with Gasteiger partial charge in [0.15, 0.2) is 0 Å². The number of aryl methyl sites for hydroxylation is 3. The van der Waals surface area contributed by atoms with E-state index in [2.05, 4.69) is 42.6 Å². The predicted octanol–water partition coefficient (Wildman–Crippen LogP) is 2.50. The molecule has 68 valence electrons. The molecule has 0 atom stereocenters. The zero-order chi connectivity index (χ0) is 9.59. The van der Waals surface area contributed by atoms with Crippen molar-refractivity contribution in [3.8, 4) is 0 Å². The minimum atomic E-state index is 1.08. The first kappa shape index (κ1) is 8.30. The highest BCUT2D eigenvalue weighted by Crippen LogP contribution is 2.21. The van der Waals surface area contributed by atoms with Crippen LogP contribution in [0.25, 0.3) is 11.0 Å². The second-order valence-corrected chi connectivity index (χ2v) is 3.59. The van der Waals surface area contributed by atoms with Crippen molar-refractivity contribution in [3.63, 3.8) is 0 Å². The summed E-state index contributed by atoms with van der Waals surface area (Å²) in [6.07, 6.45) is 0. The standard InChI is InChI=1S/C11H14N2/c1-7-5-6-10-11(12-7)8(2)9(3)13(10)4/h5-6H,1-4H3. The van der Waals surface area contributed by atoms with Crippen molar-refractivity contribution in [2.45, 2.75) is 20.8 Å². The molecule has 0 aliphatic rings.